The number of hydrogen-bond acceptors (Lipinski definition) is 5. The van der Waals surface area contributed by atoms with Gasteiger partial charge in [-0.05, 0) is 134 Å². The van der Waals surface area contributed by atoms with Crippen molar-refractivity contribution in [1.82, 2.24) is 19.5 Å². The van der Waals surface area contributed by atoms with Crippen LogP contribution in [0.2, 0.25) is 0 Å². The van der Waals surface area contributed by atoms with Gasteiger partial charge in [0.15, 0.2) is 11.6 Å². The van der Waals surface area contributed by atoms with E-state index in [-0.39, 0.29) is 23.0 Å². The van der Waals surface area contributed by atoms with Gasteiger partial charge in [-0.1, -0.05) is 35.9 Å². The van der Waals surface area contributed by atoms with Gasteiger partial charge in [-0.3, -0.25) is 19.5 Å². The number of fused-ring (bicyclic) bond motifs is 2. The first kappa shape index (κ1) is 38.3. The molecule has 2 aliphatic rings. The Bertz CT molecular complexity index is 2710. The second-order valence-electron chi connectivity index (χ2n) is 15.2. The fraction of sp³-hybridized carbons (Fsp3) is 0.239. The number of hydrogen-bond donors (Lipinski definition) is 2. The number of aryl methyl sites for hydroxylation is 1. The summed E-state index contributed by atoms with van der Waals surface area (Å²) < 4.78 is 42.3. The number of H-pyrrole nitrogens is 1. The summed E-state index contributed by atoms with van der Waals surface area (Å²) in [6, 6.07) is 26.5. The number of aromatic nitrogens is 4. The van der Waals surface area contributed by atoms with Gasteiger partial charge in [0.1, 0.15) is 0 Å². The van der Waals surface area contributed by atoms with E-state index in [1.807, 2.05) is 12.3 Å². The monoisotopic (exact) mass is 783 g/mol. The number of nitrogens with zero attached hydrogens (tertiary/aromatic N) is 4. The van der Waals surface area contributed by atoms with E-state index >= 15 is 0 Å². The van der Waals surface area contributed by atoms with Crippen molar-refractivity contribution in [2.75, 3.05) is 4.90 Å². The molecule has 2 fully saturated rings. The van der Waals surface area contributed by atoms with Crippen molar-refractivity contribution in [2.45, 2.75) is 70.5 Å². The molecule has 4 aromatic heterocycles. The second-order valence-corrected chi connectivity index (χ2v) is 15.2. The lowest BCUT2D eigenvalue weighted by molar-refractivity contribution is -0.169. The lowest BCUT2D eigenvalue weighted by Crippen LogP contribution is -2.39. The lowest BCUT2D eigenvalue weighted by atomic mass is 10.0. The second kappa shape index (κ2) is 15.4. The number of benzene rings is 3. The number of halogens is 3. The maximum Gasteiger partial charge on any atom is 0.472 e. The number of rotatable bonds is 10. The average molecular weight is 784 g/mol. The van der Waals surface area contributed by atoms with Gasteiger partial charge in [-0.25, -0.2) is 9.78 Å². The number of carboxylic acids is 1. The van der Waals surface area contributed by atoms with Crippen molar-refractivity contribution in [2.24, 2.45) is 0 Å². The third-order valence-corrected chi connectivity index (χ3v) is 10.7. The number of pyridine rings is 2. The summed E-state index contributed by atoms with van der Waals surface area (Å²) in [4.78, 5) is 48.3. The number of alkyl halides is 3. The van der Waals surface area contributed by atoms with Crippen LogP contribution in [0, 0.1) is 6.92 Å². The molecule has 294 valence electrons. The molecule has 0 atom stereocenters. The molecule has 12 heteroatoms. The quantitative estimate of drug-likeness (QED) is 0.133. The number of aromatic amines is 1. The Morgan fingerprint density at radius 2 is 1.55 bits per heavy atom. The zero-order chi connectivity index (χ0) is 40.7. The predicted octanol–water partition coefficient (Wildman–Crippen LogP) is 10.4. The maximum atomic E-state index is 13.4. The first-order valence-electron chi connectivity index (χ1n) is 19.2. The molecule has 9 nitrogen and oxygen atoms in total. The van der Waals surface area contributed by atoms with E-state index in [0.717, 1.165) is 54.3 Å². The Morgan fingerprint density at radius 3 is 2.22 bits per heavy atom. The summed E-state index contributed by atoms with van der Waals surface area (Å²) >= 11 is 0. The number of anilines is 2. The van der Waals surface area contributed by atoms with Crippen LogP contribution in [0.3, 0.4) is 0 Å². The molecule has 2 saturated carbocycles. The highest BCUT2D eigenvalue weighted by atomic mass is 19.4. The first-order chi connectivity index (χ1) is 27.8. The number of carbonyl (C=O) groups excluding carboxylic acids is 2. The van der Waals surface area contributed by atoms with Gasteiger partial charge in [0.25, 0.3) is 0 Å². The largest absolute Gasteiger partial charge is 0.478 e. The summed E-state index contributed by atoms with van der Waals surface area (Å²) in [7, 11) is 0. The Morgan fingerprint density at radius 1 is 0.828 bits per heavy atom. The molecule has 58 heavy (non-hydrogen) atoms. The van der Waals surface area contributed by atoms with Crippen molar-refractivity contribution in [3.63, 3.8) is 0 Å². The van der Waals surface area contributed by atoms with E-state index < -0.39 is 23.8 Å². The van der Waals surface area contributed by atoms with Crippen LogP contribution in [0.15, 0.2) is 110 Å². The van der Waals surface area contributed by atoms with E-state index in [1.54, 1.807) is 24.4 Å². The molecule has 0 aliphatic heterocycles. The van der Waals surface area contributed by atoms with Crippen molar-refractivity contribution in [3.05, 3.63) is 154 Å². The fourth-order valence-electron chi connectivity index (χ4n) is 7.37. The summed E-state index contributed by atoms with van der Waals surface area (Å²) in [6.45, 7) is 4.20. The summed E-state index contributed by atoms with van der Waals surface area (Å²) in [6.07, 6.45) is 6.63. The minimum atomic E-state index is -5.13. The van der Waals surface area contributed by atoms with Gasteiger partial charge in [-0.15, -0.1) is 0 Å². The molecule has 0 radical (unpaired) electrons. The summed E-state index contributed by atoms with van der Waals surface area (Å²) in [5.41, 5.74) is 8.31. The van der Waals surface area contributed by atoms with Crippen molar-refractivity contribution in [1.29, 1.82) is 0 Å². The molecule has 0 unspecified atom stereocenters. The Balaban J connectivity index is 0.000000162. The number of nitrogens with one attached hydrogen (secondary N) is 1. The van der Waals surface area contributed by atoms with Gasteiger partial charge < -0.3 is 14.7 Å². The van der Waals surface area contributed by atoms with Crippen LogP contribution in [0.5, 0.6) is 0 Å². The minimum absolute atomic E-state index is 0.00355. The topological polar surface area (TPSA) is 121 Å². The zero-order valence-corrected chi connectivity index (χ0v) is 31.9. The third kappa shape index (κ3) is 8.27. The molecule has 0 saturated heterocycles. The SMILES string of the molecule is CC(=O)c1cc(C2CC2)cnc1N(C(=O)C(F)(F)F)c1ccc2[nH]ccc2c1.Cc1cccc(Cn2ccc3cc(Cc4ncc(C5CC5)cc4C(=O)O)ccc32)c1. The van der Waals surface area contributed by atoms with Crippen molar-refractivity contribution >= 4 is 51.0 Å². The lowest BCUT2D eigenvalue weighted by Gasteiger charge is -2.25. The summed E-state index contributed by atoms with van der Waals surface area (Å²) in [5, 5.41) is 11.5. The van der Waals surface area contributed by atoms with Gasteiger partial charge in [0.05, 0.1) is 22.5 Å². The van der Waals surface area contributed by atoms with Crippen LogP contribution in [-0.2, 0) is 17.8 Å². The molecule has 2 aliphatic carbocycles. The Kier molecular flexibility index (Phi) is 10.2. The first-order valence-corrected chi connectivity index (χ1v) is 19.2. The van der Waals surface area contributed by atoms with Crippen LogP contribution < -0.4 is 4.90 Å². The highest BCUT2D eigenvalue weighted by molar-refractivity contribution is 6.09. The molecule has 3 aromatic carbocycles. The van der Waals surface area contributed by atoms with Crippen LogP contribution in [0.1, 0.15) is 98.7 Å². The molecule has 0 bridgehead atoms. The molecule has 9 rings (SSSR count). The molecule has 2 N–H and O–H groups in total. The highest BCUT2D eigenvalue weighted by Gasteiger charge is 2.45. The van der Waals surface area contributed by atoms with E-state index in [1.165, 1.54) is 41.9 Å². The number of Topliss-reactive ketones (excluding diaryl/α,β-unsaturated/α-hetero) is 1. The molecular formula is C46H40F3N5O4. The average Bonchev–Trinajstić information content (AvgIpc) is 4.14. The van der Waals surface area contributed by atoms with Gasteiger partial charge >= 0.3 is 18.1 Å². The molecule has 7 aromatic rings. The molecule has 1 amide bonds. The smallest absolute Gasteiger partial charge is 0.472 e. The van der Waals surface area contributed by atoms with Crippen molar-refractivity contribution < 1.29 is 32.7 Å². The van der Waals surface area contributed by atoms with Gasteiger partial charge in [0.2, 0.25) is 0 Å². The molecule has 0 spiro atoms. The van der Waals surface area contributed by atoms with Gasteiger partial charge in [-0.2, -0.15) is 13.2 Å². The highest BCUT2D eigenvalue weighted by Crippen LogP contribution is 2.42. The zero-order valence-electron chi connectivity index (χ0n) is 31.9. The predicted molar refractivity (Wildman–Crippen MR) is 216 cm³/mol. The van der Waals surface area contributed by atoms with E-state index in [9.17, 15) is 32.7 Å². The molecule has 4 heterocycles. The van der Waals surface area contributed by atoms with E-state index in [4.69, 9.17) is 0 Å². The van der Waals surface area contributed by atoms with Crippen LogP contribution >= 0.6 is 0 Å². The van der Waals surface area contributed by atoms with Crippen LogP contribution in [0.4, 0.5) is 24.7 Å². The molecular weight excluding hydrogens is 744 g/mol. The Hall–Kier alpha value is -6.56. The number of aromatic carboxylic acids is 1. The normalized spacial score (nSPS) is 13.9. The number of carbonyl (C=O) groups is 3. The number of ketones is 1. The third-order valence-electron chi connectivity index (χ3n) is 10.7. The van der Waals surface area contributed by atoms with E-state index in [2.05, 4.69) is 81.2 Å². The summed E-state index contributed by atoms with van der Waals surface area (Å²) in [5.74, 6) is -3.00. The maximum absolute atomic E-state index is 13.4. The van der Waals surface area contributed by atoms with Gasteiger partial charge in [0, 0.05) is 54.2 Å². The fourth-order valence-corrected chi connectivity index (χ4v) is 7.37. The number of amides is 1. The van der Waals surface area contributed by atoms with Crippen LogP contribution in [-0.4, -0.2) is 48.5 Å². The number of carboxylic acid groups (broad SMARTS) is 1. The standard InChI is InChI=1S/C26H24N2O2.C20H16F3N3O2/c1-17-3-2-4-19(11-17)16-28-10-9-21-12-18(5-8-25(21)28)13-24-23(26(29)30)14-22(15-27-24)20-6-7-20;1-11(27)16-9-14(12-2-3-12)10-25-18(16)26(19(28)20(21,22)23)15-4-5-17-13(8-15)6-7-24-17/h2-5,8-12,14-15,20H,6-7,13,16H2,1H3,(H,29,30);4-10,12,24H,2-3H2,1H3. The van der Waals surface area contributed by atoms with Crippen LogP contribution in [0.25, 0.3) is 21.8 Å². The minimum Gasteiger partial charge on any atom is -0.478 e. The van der Waals surface area contributed by atoms with Crippen molar-refractivity contribution in [3.8, 4) is 0 Å². The Labute approximate surface area is 332 Å². The van der Waals surface area contributed by atoms with E-state index in [0.29, 0.717) is 39.4 Å².